The molecule has 0 radical (unpaired) electrons. The summed E-state index contributed by atoms with van der Waals surface area (Å²) in [5.74, 6) is -0.650. The van der Waals surface area contributed by atoms with E-state index in [9.17, 15) is 9.59 Å². The molecule has 2 N–H and O–H groups in total. The molecule has 0 spiro atoms. The lowest BCUT2D eigenvalue weighted by Gasteiger charge is -2.33. The largest absolute Gasteiger partial charge is 0.466 e. The van der Waals surface area contributed by atoms with Gasteiger partial charge in [0.15, 0.2) is 0 Å². The van der Waals surface area contributed by atoms with Crippen LogP contribution in [-0.4, -0.2) is 55.7 Å². The van der Waals surface area contributed by atoms with Crippen LogP contribution in [0, 0.1) is 11.8 Å². The smallest absolute Gasteiger partial charge is 0.310 e. The van der Waals surface area contributed by atoms with Gasteiger partial charge in [0, 0.05) is 19.1 Å². The standard InChI is InChI=1S/C13H22N2O4/c1-2-19-13(17)9-4-3-5-15(6-9)12(16)10-7-18-8-11(10)14/h9-11H,2-8,14H2,1H3. The van der Waals surface area contributed by atoms with E-state index in [2.05, 4.69) is 0 Å². The first-order valence-electron chi connectivity index (χ1n) is 6.92. The quantitative estimate of drug-likeness (QED) is 0.716. The molecule has 2 aliphatic rings. The summed E-state index contributed by atoms with van der Waals surface area (Å²) >= 11 is 0. The number of ether oxygens (including phenoxy) is 2. The molecular formula is C13H22N2O4. The molecule has 6 heteroatoms. The van der Waals surface area contributed by atoms with E-state index in [0.717, 1.165) is 12.8 Å². The second-order valence-corrected chi connectivity index (χ2v) is 5.18. The Bertz CT molecular complexity index is 348. The summed E-state index contributed by atoms with van der Waals surface area (Å²) in [5, 5.41) is 0. The van der Waals surface area contributed by atoms with Gasteiger partial charge in [-0.15, -0.1) is 0 Å². The molecule has 0 aliphatic carbocycles. The molecule has 0 aromatic rings. The monoisotopic (exact) mass is 270 g/mol. The maximum Gasteiger partial charge on any atom is 0.310 e. The fourth-order valence-corrected chi connectivity index (χ4v) is 2.69. The number of likely N-dealkylation sites (tertiary alicyclic amines) is 1. The van der Waals surface area contributed by atoms with Gasteiger partial charge in [-0.05, 0) is 19.8 Å². The maximum atomic E-state index is 12.4. The molecule has 0 bridgehead atoms. The van der Waals surface area contributed by atoms with Crippen LogP contribution in [0.3, 0.4) is 0 Å². The van der Waals surface area contributed by atoms with Crippen molar-refractivity contribution in [3.63, 3.8) is 0 Å². The number of nitrogens with zero attached hydrogens (tertiary/aromatic N) is 1. The average molecular weight is 270 g/mol. The lowest BCUT2D eigenvalue weighted by molar-refractivity contribution is -0.152. The van der Waals surface area contributed by atoms with Crippen molar-refractivity contribution in [2.45, 2.75) is 25.8 Å². The van der Waals surface area contributed by atoms with Crippen molar-refractivity contribution in [3.8, 4) is 0 Å². The van der Waals surface area contributed by atoms with Gasteiger partial charge in [-0.1, -0.05) is 0 Å². The van der Waals surface area contributed by atoms with Crippen molar-refractivity contribution in [1.82, 2.24) is 4.90 Å². The van der Waals surface area contributed by atoms with E-state index in [1.165, 1.54) is 0 Å². The van der Waals surface area contributed by atoms with E-state index >= 15 is 0 Å². The van der Waals surface area contributed by atoms with Gasteiger partial charge in [0.05, 0.1) is 31.7 Å². The highest BCUT2D eigenvalue weighted by atomic mass is 16.5. The Labute approximate surface area is 113 Å². The van der Waals surface area contributed by atoms with Gasteiger partial charge in [0.2, 0.25) is 5.91 Å². The van der Waals surface area contributed by atoms with Gasteiger partial charge < -0.3 is 20.1 Å². The van der Waals surface area contributed by atoms with Crippen LogP contribution in [-0.2, 0) is 19.1 Å². The third-order valence-electron chi connectivity index (χ3n) is 3.79. The van der Waals surface area contributed by atoms with Crippen molar-refractivity contribution >= 4 is 11.9 Å². The predicted molar refractivity (Wildman–Crippen MR) is 68.2 cm³/mol. The van der Waals surface area contributed by atoms with Crippen LogP contribution in [0.4, 0.5) is 0 Å². The molecule has 2 aliphatic heterocycles. The number of rotatable bonds is 3. The normalized spacial score (nSPS) is 31.3. The van der Waals surface area contributed by atoms with Crippen LogP contribution in [0.25, 0.3) is 0 Å². The second kappa shape index (κ2) is 6.34. The summed E-state index contributed by atoms with van der Waals surface area (Å²) in [7, 11) is 0. The SMILES string of the molecule is CCOC(=O)C1CCCN(C(=O)C2COCC2N)C1. The zero-order valence-corrected chi connectivity index (χ0v) is 11.3. The topological polar surface area (TPSA) is 81.9 Å². The molecule has 0 aromatic heterocycles. The van der Waals surface area contributed by atoms with Gasteiger partial charge >= 0.3 is 5.97 Å². The number of hydrogen-bond donors (Lipinski definition) is 1. The summed E-state index contributed by atoms with van der Waals surface area (Å²) in [6.45, 7) is 4.13. The Morgan fingerprint density at radius 1 is 1.42 bits per heavy atom. The number of nitrogens with two attached hydrogens (primary N) is 1. The van der Waals surface area contributed by atoms with Crippen LogP contribution in [0.2, 0.25) is 0 Å². The van der Waals surface area contributed by atoms with E-state index in [1.807, 2.05) is 0 Å². The van der Waals surface area contributed by atoms with E-state index in [1.54, 1.807) is 11.8 Å². The van der Waals surface area contributed by atoms with Crippen LogP contribution >= 0.6 is 0 Å². The number of hydrogen-bond acceptors (Lipinski definition) is 5. The highest BCUT2D eigenvalue weighted by molar-refractivity contribution is 5.81. The summed E-state index contributed by atoms with van der Waals surface area (Å²) < 4.78 is 10.3. The fraction of sp³-hybridized carbons (Fsp3) is 0.846. The lowest BCUT2D eigenvalue weighted by atomic mass is 9.95. The Morgan fingerprint density at radius 3 is 2.84 bits per heavy atom. The van der Waals surface area contributed by atoms with Gasteiger partial charge in [-0.3, -0.25) is 9.59 Å². The molecule has 0 saturated carbocycles. The van der Waals surface area contributed by atoms with Crippen LogP contribution in [0.15, 0.2) is 0 Å². The zero-order chi connectivity index (χ0) is 13.8. The third-order valence-corrected chi connectivity index (χ3v) is 3.79. The first kappa shape index (κ1) is 14.3. The number of piperidine rings is 1. The van der Waals surface area contributed by atoms with Crippen molar-refractivity contribution in [2.24, 2.45) is 17.6 Å². The molecule has 3 atom stereocenters. The van der Waals surface area contributed by atoms with E-state index < -0.39 is 0 Å². The van der Waals surface area contributed by atoms with Crippen molar-refractivity contribution in [1.29, 1.82) is 0 Å². The Balaban J connectivity index is 1.93. The van der Waals surface area contributed by atoms with Crippen molar-refractivity contribution in [2.75, 3.05) is 32.9 Å². The van der Waals surface area contributed by atoms with Crippen LogP contribution in [0.1, 0.15) is 19.8 Å². The first-order chi connectivity index (χ1) is 9.13. The van der Waals surface area contributed by atoms with Crippen molar-refractivity contribution < 1.29 is 19.1 Å². The molecule has 2 saturated heterocycles. The van der Waals surface area contributed by atoms with Gasteiger partial charge in [-0.2, -0.15) is 0 Å². The third kappa shape index (κ3) is 3.25. The van der Waals surface area contributed by atoms with Gasteiger partial charge in [0.25, 0.3) is 0 Å². The number of carbonyl (C=O) groups excluding carboxylic acids is 2. The van der Waals surface area contributed by atoms with Crippen molar-refractivity contribution in [3.05, 3.63) is 0 Å². The molecular weight excluding hydrogens is 248 g/mol. The molecule has 108 valence electrons. The van der Waals surface area contributed by atoms with Gasteiger partial charge in [-0.25, -0.2) is 0 Å². The minimum absolute atomic E-state index is 0.0130. The molecule has 2 rings (SSSR count). The average Bonchev–Trinajstić information content (AvgIpc) is 2.84. The zero-order valence-electron chi connectivity index (χ0n) is 11.3. The number of esters is 1. The molecule has 1 amide bonds. The number of amides is 1. The Hall–Kier alpha value is -1.14. The minimum Gasteiger partial charge on any atom is -0.466 e. The molecule has 0 aromatic carbocycles. The second-order valence-electron chi connectivity index (χ2n) is 5.18. The van der Waals surface area contributed by atoms with Crippen LogP contribution in [0.5, 0.6) is 0 Å². The Kier molecular flexibility index (Phi) is 4.76. The van der Waals surface area contributed by atoms with E-state index in [0.29, 0.717) is 32.9 Å². The summed E-state index contributed by atoms with van der Waals surface area (Å²) in [6.07, 6.45) is 1.62. The highest BCUT2D eigenvalue weighted by Gasteiger charge is 2.37. The summed E-state index contributed by atoms with van der Waals surface area (Å²) in [5.41, 5.74) is 5.86. The highest BCUT2D eigenvalue weighted by Crippen LogP contribution is 2.22. The molecule has 19 heavy (non-hydrogen) atoms. The summed E-state index contributed by atoms with van der Waals surface area (Å²) in [6, 6.07) is -0.226. The summed E-state index contributed by atoms with van der Waals surface area (Å²) in [4.78, 5) is 25.8. The molecule has 2 heterocycles. The number of carbonyl (C=O) groups is 2. The molecule has 2 fully saturated rings. The predicted octanol–water partition coefficient (Wildman–Crippen LogP) is -0.238. The fourth-order valence-electron chi connectivity index (χ4n) is 2.69. The maximum absolute atomic E-state index is 12.4. The lowest BCUT2D eigenvalue weighted by Crippen LogP contribution is -2.48. The Morgan fingerprint density at radius 2 is 2.21 bits per heavy atom. The first-order valence-corrected chi connectivity index (χ1v) is 6.92. The van der Waals surface area contributed by atoms with E-state index in [4.69, 9.17) is 15.2 Å². The molecule has 6 nitrogen and oxygen atoms in total. The van der Waals surface area contributed by atoms with Crippen LogP contribution < -0.4 is 5.73 Å². The minimum atomic E-state index is -0.263. The molecule has 3 unspecified atom stereocenters. The van der Waals surface area contributed by atoms with Gasteiger partial charge in [0.1, 0.15) is 0 Å². The van der Waals surface area contributed by atoms with E-state index in [-0.39, 0.29) is 29.8 Å².